The molecule has 0 saturated carbocycles. The number of pyridine rings is 1. The lowest BCUT2D eigenvalue weighted by Crippen LogP contribution is -2.39. The average Bonchev–Trinajstić information content (AvgIpc) is 2.95. The van der Waals surface area contributed by atoms with Crippen molar-refractivity contribution in [3.8, 4) is 16.9 Å². The molecular formula is C37H46F3N3O4. The van der Waals surface area contributed by atoms with E-state index in [-0.39, 0.29) is 11.2 Å². The second kappa shape index (κ2) is 13.1. The predicted octanol–water partition coefficient (Wildman–Crippen LogP) is 8.39. The van der Waals surface area contributed by atoms with Crippen molar-refractivity contribution in [1.82, 2.24) is 9.88 Å². The Labute approximate surface area is 275 Å². The van der Waals surface area contributed by atoms with Gasteiger partial charge in [-0.1, -0.05) is 50.2 Å². The van der Waals surface area contributed by atoms with E-state index in [4.69, 9.17) is 9.72 Å². The van der Waals surface area contributed by atoms with Crippen LogP contribution >= 0.6 is 0 Å². The van der Waals surface area contributed by atoms with Crippen LogP contribution in [0, 0.1) is 19.3 Å². The van der Waals surface area contributed by atoms with Gasteiger partial charge in [0.15, 0.2) is 6.10 Å². The number of anilines is 1. The van der Waals surface area contributed by atoms with Gasteiger partial charge in [0, 0.05) is 60.8 Å². The van der Waals surface area contributed by atoms with Gasteiger partial charge in [0.05, 0.1) is 11.3 Å². The summed E-state index contributed by atoms with van der Waals surface area (Å²) in [6.45, 7) is 17.1. The molecule has 1 aromatic heterocycles. The Bertz CT molecular complexity index is 1620. The lowest BCUT2D eigenvalue weighted by molar-refractivity contribution is -0.275. The van der Waals surface area contributed by atoms with Crippen LogP contribution in [0.3, 0.4) is 0 Å². The minimum Gasteiger partial charge on any atom is -0.479 e. The molecule has 0 radical (unpaired) electrons. The third-order valence-electron chi connectivity index (χ3n) is 9.15. The van der Waals surface area contributed by atoms with Crippen LogP contribution in [0.15, 0.2) is 42.5 Å². The minimum atomic E-state index is -4.75. The molecule has 10 heteroatoms. The van der Waals surface area contributed by atoms with E-state index >= 15 is 0 Å². The van der Waals surface area contributed by atoms with Crippen LogP contribution in [0.2, 0.25) is 0 Å². The summed E-state index contributed by atoms with van der Waals surface area (Å²) >= 11 is 0. The number of fused-ring (bicyclic) bond motifs is 1. The second-order valence-electron chi connectivity index (χ2n) is 14.6. The van der Waals surface area contributed by atoms with Crippen LogP contribution in [-0.4, -0.2) is 52.6 Å². The summed E-state index contributed by atoms with van der Waals surface area (Å²) in [5.41, 5.74) is 7.06. The maximum atomic E-state index is 13.0. The highest BCUT2D eigenvalue weighted by Gasteiger charge is 2.37. The Morgan fingerprint density at radius 3 is 2.32 bits per heavy atom. The van der Waals surface area contributed by atoms with Crippen LogP contribution in [0.1, 0.15) is 87.2 Å². The molecule has 0 bridgehead atoms. The van der Waals surface area contributed by atoms with Crippen molar-refractivity contribution >= 4 is 11.7 Å². The number of aromatic nitrogens is 1. The molecular weight excluding hydrogens is 607 g/mol. The van der Waals surface area contributed by atoms with Gasteiger partial charge < -0.3 is 19.5 Å². The van der Waals surface area contributed by atoms with E-state index in [1.807, 2.05) is 34.6 Å². The average molecular weight is 654 g/mol. The van der Waals surface area contributed by atoms with Crippen molar-refractivity contribution in [1.29, 1.82) is 0 Å². The van der Waals surface area contributed by atoms with Crippen molar-refractivity contribution in [3.63, 3.8) is 0 Å². The summed E-state index contributed by atoms with van der Waals surface area (Å²) in [6, 6.07) is 12.6. The SMILES string of the molecule is Cc1nc(C)c(C(OC(C)(C)C)C(=O)O)c(N2CCC(C)(C)CC2)c1-c1ccc2c(c1)CCN(Cc1ccccc1OC(F)(F)F)C2. The summed E-state index contributed by atoms with van der Waals surface area (Å²) in [7, 11) is 0. The van der Waals surface area contributed by atoms with E-state index in [0.29, 0.717) is 36.5 Å². The van der Waals surface area contributed by atoms with Crippen LogP contribution in [0.4, 0.5) is 18.9 Å². The number of ether oxygens (including phenoxy) is 2. The van der Waals surface area contributed by atoms with E-state index < -0.39 is 24.0 Å². The van der Waals surface area contributed by atoms with Crippen LogP contribution < -0.4 is 9.64 Å². The van der Waals surface area contributed by atoms with Crippen LogP contribution in [0.25, 0.3) is 11.1 Å². The van der Waals surface area contributed by atoms with Gasteiger partial charge >= 0.3 is 12.3 Å². The molecule has 0 amide bonds. The molecule has 2 aliphatic rings. The third-order valence-corrected chi connectivity index (χ3v) is 9.15. The number of para-hydroxylation sites is 1. The number of halogens is 3. The van der Waals surface area contributed by atoms with E-state index in [1.54, 1.807) is 12.1 Å². The molecule has 254 valence electrons. The lowest BCUT2D eigenvalue weighted by atomic mass is 9.81. The highest BCUT2D eigenvalue weighted by Crippen LogP contribution is 2.45. The monoisotopic (exact) mass is 653 g/mol. The van der Waals surface area contributed by atoms with E-state index in [9.17, 15) is 23.1 Å². The molecule has 1 fully saturated rings. The second-order valence-corrected chi connectivity index (χ2v) is 14.6. The number of rotatable bonds is 8. The number of hydrogen-bond acceptors (Lipinski definition) is 6. The van der Waals surface area contributed by atoms with E-state index in [1.165, 1.54) is 12.1 Å². The first kappa shape index (κ1) is 34.7. The fourth-order valence-electron chi connectivity index (χ4n) is 6.76. The van der Waals surface area contributed by atoms with E-state index in [2.05, 4.69) is 46.6 Å². The number of carbonyl (C=O) groups is 1. The van der Waals surface area contributed by atoms with Crippen molar-refractivity contribution < 1.29 is 32.5 Å². The van der Waals surface area contributed by atoms with Gasteiger partial charge in [-0.15, -0.1) is 13.2 Å². The highest BCUT2D eigenvalue weighted by molar-refractivity contribution is 5.88. The number of aryl methyl sites for hydroxylation is 2. The number of carboxylic acids is 1. The lowest BCUT2D eigenvalue weighted by Gasteiger charge is -2.41. The fourth-order valence-corrected chi connectivity index (χ4v) is 6.76. The Kier molecular flexibility index (Phi) is 9.68. The largest absolute Gasteiger partial charge is 0.573 e. The molecule has 7 nitrogen and oxygen atoms in total. The summed E-state index contributed by atoms with van der Waals surface area (Å²) in [4.78, 5) is 22.2. The highest BCUT2D eigenvalue weighted by atomic mass is 19.4. The number of nitrogens with zero attached hydrogens (tertiary/aromatic N) is 3. The van der Waals surface area contributed by atoms with Crippen molar-refractivity contribution in [3.05, 3.63) is 76.1 Å². The van der Waals surface area contributed by atoms with Gasteiger partial charge in [0.1, 0.15) is 5.75 Å². The molecule has 0 spiro atoms. The third kappa shape index (κ3) is 8.27. The zero-order valence-corrected chi connectivity index (χ0v) is 28.4. The van der Waals surface area contributed by atoms with Gasteiger partial charge in [0.25, 0.3) is 0 Å². The van der Waals surface area contributed by atoms with Crippen LogP contribution in [-0.2, 0) is 29.0 Å². The van der Waals surface area contributed by atoms with Gasteiger partial charge in [-0.2, -0.15) is 0 Å². The molecule has 1 saturated heterocycles. The zero-order valence-electron chi connectivity index (χ0n) is 28.4. The van der Waals surface area contributed by atoms with Gasteiger partial charge in [-0.3, -0.25) is 9.88 Å². The van der Waals surface area contributed by atoms with Gasteiger partial charge in [-0.25, -0.2) is 4.79 Å². The maximum absolute atomic E-state index is 13.0. The minimum absolute atomic E-state index is 0.178. The predicted molar refractivity (Wildman–Crippen MR) is 177 cm³/mol. The Balaban J connectivity index is 1.53. The molecule has 2 aliphatic heterocycles. The standard InChI is InChI=1S/C37H46F3N3O4/c1-23-30(32(43-18-15-36(6,7)16-19-43)31(24(2)41-23)33(34(44)45)47-35(3,4)5)26-12-13-27-21-42(17-14-25(27)20-26)22-28-10-8-9-11-29(28)46-37(38,39)40/h8-13,20,33H,14-19,21-22H2,1-7H3,(H,44,45). The molecule has 5 rings (SSSR count). The molecule has 1 atom stereocenters. The summed E-state index contributed by atoms with van der Waals surface area (Å²) in [5, 5.41) is 10.5. The number of benzene rings is 2. The summed E-state index contributed by atoms with van der Waals surface area (Å²) in [5.74, 6) is -1.23. The molecule has 2 aromatic carbocycles. The van der Waals surface area contributed by atoms with Crippen LogP contribution in [0.5, 0.6) is 5.75 Å². The van der Waals surface area contributed by atoms with Gasteiger partial charge in [-0.05, 0) is 82.1 Å². The molecule has 3 aromatic rings. The molecule has 0 aliphatic carbocycles. The first-order chi connectivity index (χ1) is 21.9. The summed E-state index contributed by atoms with van der Waals surface area (Å²) in [6.07, 6.45) is -3.28. The van der Waals surface area contributed by atoms with Crippen molar-refractivity contribution in [2.75, 3.05) is 24.5 Å². The molecule has 3 heterocycles. The Morgan fingerprint density at radius 1 is 1.00 bits per heavy atom. The number of piperidine rings is 1. The number of alkyl halides is 3. The van der Waals surface area contributed by atoms with E-state index in [0.717, 1.165) is 66.0 Å². The molecule has 1 unspecified atom stereocenters. The smallest absolute Gasteiger partial charge is 0.479 e. The Hall–Kier alpha value is -3.63. The first-order valence-electron chi connectivity index (χ1n) is 16.3. The molecule has 47 heavy (non-hydrogen) atoms. The van der Waals surface area contributed by atoms with Crippen molar-refractivity contribution in [2.24, 2.45) is 5.41 Å². The number of hydrogen-bond donors (Lipinski definition) is 1. The normalized spacial score (nSPS) is 17.7. The topological polar surface area (TPSA) is 75.1 Å². The number of carboxylic acid groups (broad SMARTS) is 1. The quantitative estimate of drug-likeness (QED) is 0.262. The maximum Gasteiger partial charge on any atom is 0.573 e. The summed E-state index contributed by atoms with van der Waals surface area (Å²) < 4.78 is 49.5. The van der Waals surface area contributed by atoms with Gasteiger partial charge in [0.2, 0.25) is 0 Å². The zero-order chi connectivity index (χ0) is 34.3. The Morgan fingerprint density at radius 2 is 1.68 bits per heavy atom. The number of aliphatic carboxylic acids is 1. The fraction of sp³-hybridized carbons (Fsp3) is 0.514. The van der Waals surface area contributed by atoms with Crippen molar-refractivity contribution in [2.45, 2.75) is 98.9 Å². The first-order valence-corrected chi connectivity index (χ1v) is 16.3. The molecule has 1 N–H and O–H groups in total.